The van der Waals surface area contributed by atoms with Crippen LogP contribution in [0.5, 0.6) is 0 Å². The van der Waals surface area contributed by atoms with Crippen LogP contribution in [0.4, 0.5) is 0 Å². The molecule has 1 aromatic carbocycles. The van der Waals surface area contributed by atoms with Gasteiger partial charge in [-0.3, -0.25) is 9.78 Å². The Kier molecular flexibility index (Phi) is 3.34. The van der Waals surface area contributed by atoms with Crippen molar-refractivity contribution in [3.05, 3.63) is 51.7 Å². The molecule has 0 bridgehead atoms. The average Bonchev–Trinajstić information content (AvgIpc) is 2.92. The SMILES string of the molecule is O=C(NCC1(O)CCCc2ccccc21)c1n[nH]c(=O)[nH]1. The maximum absolute atomic E-state index is 11.9. The summed E-state index contributed by atoms with van der Waals surface area (Å²) in [6, 6.07) is 7.70. The third-order valence-electron chi connectivity index (χ3n) is 3.81. The maximum atomic E-state index is 11.9. The molecule has 7 nitrogen and oxygen atoms in total. The summed E-state index contributed by atoms with van der Waals surface area (Å²) in [6.07, 6.45) is 2.38. The third kappa shape index (κ3) is 2.59. The van der Waals surface area contributed by atoms with E-state index in [-0.39, 0.29) is 12.4 Å². The van der Waals surface area contributed by atoms with E-state index in [1.54, 1.807) is 0 Å². The van der Waals surface area contributed by atoms with E-state index in [0.29, 0.717) is 6.42 Å². The fraction of sp³-hybridized carbons (Fsp3) is 0.357. The van der Waals surface area contributed by atoms with Crippen molar-refractivity contribution in [2.24, 2.45) is 0 Å². The van der Waals surface area contributed by atoms with Gasteiger partial charge in [-0.1, -0.05) is 24.3 Å². The van der Waals surface area contributed by atoms with Gasteiger partial charge in [0.2, 0.25) is 5.82 Å². The Balaban J connectivity index is 1.76. The van der Waals surface area contributed by atoms with Gasteiger partial charge in [-0.2, -0.15) is 0 Å². The van der Waals surface area contributed by atoms with Crippen molar-refractivity contribution < 1.29 is 9.90 Å². The number of carbonyl (C=O) groups excluding carboxylic acids is 1. The Morgan fingerprint density at radius 1 is 1.43 bits per heavy atom. The van der Waals surface area contributed by atoms with Gasteiger partial charge in [-0.15, -0.1) is 5.10 Å². The van der Waals surface area contributed by atoms with Crippen LogP contribution in [0, 0.1) is 0 Å². The van der Waals surface area contributed by atoms with Gasteiger partial charge >= 0.3 is 5.69 Å². The van der Waals surface area contributed by atoms with Gasteiger partial charge in [0, 0.05) is 0 Å². The molecule has 0 aliphatic heterocycles. The van der Waals surface area contributed by atoms with Gasteiger partial charge in [0.05, 0.1) is 6.54 Å². The summed E-state index contributed by atoms with van der Waals surface area (Å²) in [7, 11) is 0. The molecule has 0 saturated heterocycles. The van der Waals surface area contributed by atoms with Crippen LogP contribution in [0.15, 0.2) is 29.1 Å². The lowest BCUT2D eigenvalue weighted by Gasteiger charge is -2.34. The Bertz CT molecular complexity index is 721. The van der Waals surface area contributed by atoms with Crippen molar-refractivity contribution in [2.45, 2.75) is 24.9 Å². The minimum atomic E-state index is -1.08. The molecule has 1 aromatic heterocycles. The van der Waals surface area contributed by atoms with Crippen LogP contribution in [0.3, 0.4) is 0 Å². The van der Waals surface area contributed by atoms with Crippen LogP contribution in [0.25, 0.3) is 0 Å². The first-order valence-corrected chi connectivity index (χ1v) is 6.82. The van der Waals surface area contributed by atoms with Crippen molar-refractivity contribution >= 4 is 5.91 Å². The summed E-state index contributed by atoms with van der Waals surface area (Å²) in [6.45, 7) is 0.0811. The number of aromatic amines is 2. The number of carbonyl (C=O) groups is 1. The first-order chi connectivity index (χ1) is 10.1. The largest absolute Gasteiger partial charge is 0.383 e. The van der Waals surface area contributed by atoms with E-state index >= 15 is 0 Å². The predicted molar refractivity (Wildman–Crippen MR) is 74.8 cm³/mol. The third-order valence-corrected chi connectivity index (χ3v) is 3.81. The standard InChI is InChI=1S/C14H16N4O3/c19-12(11-16-13(20)18-17-11)15-8-14(21)7-3-5-9-4-1-2-6-10(9)14/h1-2,4,6,21H,3,5,7-8H2,(H,15,19)(H2,16,17,18,20). The zero-order valence-electron chi connectivity index (χ0n) is 11.3. The van der Waals surface area contributed by atoms with Crippen LogP contribution in [-0.4, -0.2) is 32.7 Å². The average molecular weight is 288 g/mol. The number of aromatic nitrogens is 3. The van der Waals surface area contributed by atoms with Gasteiger partial charge in [0.25, 0.3) is 5.91 Å². The number of aliphatic hydroxyl groups is 1. The van der Waals surface area contributed by atoms with Crippen LogP contribution < -0.4 is 11.0 Å². The highest BCUT2D eigenvalue weighted by Gasteiger charge is 2.34. The van der Waals surface area contributed by atoms with Crippen molar-refractivity contribution in [1.82, 2.24) is 20.5 Å². The van der Waals surface area contributed by atoms with E-state index in [1.807, 2.05) is 24.3 Å². The van der Waals surface area contributed by atoms with Gasteiger partial charge in [0.15, 0.2) is 0 Å². The summed E-state index contributed by atoms with van der Waals surface area (Å²) in [5.74, 6) is -0.613. The first kappa shape index (κ1) is 13.6. The van der Waals surface area contributed by atoms with E-state index in [1.165, 1.54) is 0 Å². The van der Waals surface area contributed by atoms with Crippen molar-refractivity contribution in [3.63, 3.8) is 0 Å². The summed E-state index contributed by atoms with van der Waals surface area (Å²) >= 11 is 0. The van der Waals surface area contributed by atoms with Crippen molar-refractivity contribution in [3.8, 4) is 0 Å². The molecule has 1 aliphatic carbocycles. The Morgan fingerprint density at radius 3 is 3.00 bits per heavy atom. The number of aryl methyl sites for hydroxylation is 1. The first-order valence-electron chi connectivity index (χ1n) is 6.82. The lowest BCUT2D eigenvalue weighted by atomic mass is 9.79. The minimum Gasteiger partial charge on any atom is -0.383 e. The number of hydrogen-bond donors (Lipinski definition) is 4. The van der Waals surface area contributed by atoms with Gasteiger partial charge in [-0.25, -0.2) is 9.89 Å². The van der Waals surface area contributed by atoms with Gasteiger partial charge in [0.1, 0.15) is 5.60 Å². The number of benzene rings is 1. The van der Waals surface area contributed by atoms with Gasteiger partial charge < -0.3 is 10.4 Å². The topological polar surface area (TPSA) is 111 Å². The summed E-state index contributed by atoms with van der Waals surface area (Å²) in [5.41, 5.74) is 0.337. The molecule has 1 unspecified atom stereocenters. The quantitative estimate of drug-likeness (QED) is 0.639. The number of rotatable bonds is 3. The highest BCUT2D eigenvalue weighted by Crippen LogP contribution is 2.34. The van der Waals surface area contributed by atoms with Crippen molar-refractivity contribution in [1.29, 1.82) is 0 Å². The van der Waals surface area contributed by atoms with E-state index < -0.39 is 17.2 Å². The molecule has 0 fully saturated rings. The smallest absolute Gasteiger partial charge is 0.341 e. The zero-order chi connectivity index (χ0) is 14.9. The molecule has 2 aromatic rings. The molecule has 0 radical (unpaired) electrons. The predicted octanol–water partition coefficient (Wildman–Crippen LogP) is 0.0519. The Labute approximate surface area is 120 Å². The van der Waals surface area contributed by atoms with Crippen LogP contribution >= 0.6 is 0 Å². The molecule has 0 saturated carbocycles. The fourth-order valence-electron chi connectivity index (χ4n) is 2.77. The number of amides is 1. The molecule has 21 heavy (non-hydrogen) atoms. The van der Waals surface area contributed by atoms with Gasteiger partial charge in [-0.05, 0) is 30.4 Å². The number of hydrogen-bond acceptors (Lipinski definition) is 4. The number of H-pyrrole nitrogens is 2. The number of nitrogens with one attached hydrogen (secondary N) is 3. The second-order valence-electron chi connectivity index (χ2n) is 5.25. The summed E-state index contributed by atoms with van der Waals surface area (Å²) in [4.78, 5) is 25.1. The lowest BCUT2D eigenvalue weighted by Crippen LogP contribution is -2.43. The molecule has 110 valence electrons. The van der Waals surface area contributed by atoms with Crippen LogP contribution in [0.2, 0.25) is 0 Å². The minimum absolute atomic E-state index is 0.0811. The lowest BCUT2D eigenvalue weighted by molar-refractivity contribution is 0.0188. The molecule has 1 aliphatic rings. The molecular formula is C14H16N4O3. The highest BCUT2D eigenvalue weighted by molar-refractivity contribution is 5.90. The van der Waals surface area contributed by atoms with E-state index in [2.05, 4.69) is 20.5 Å². The Hall–Kier alpha value is -2.41. The maximum Gasteiger partial charge on any atom is 0.341 e. The highest BCUT2D eigenvalue weighted by atomic mass is 16.3. The summed E-state index contributed by atoms with van der Waals surface area (Å²) < 4.78 is 0. The molecule has 3 rings (SSSR count). The Morgan fingerprint density at radius 2 is 2.24 bits per heavy atom. The van der Waals surface area contributed by atoms with Crippen molar-refractivity contribution in [2.75, 3.05) is 6.54 Å². The molecule has 0 spiro atoms. The zero-order valence-corrected chi connectivity index (χ0v) is 11.3. The molecule has 7 heteroatoms. The summed E-state index contributed by atoms with van der Waals surface area (Å²) in [5, 5.41) is 19.1. The van der Waals surface area contributed by atoms with E-state index in [9.17, 15) is 14.7 Å². The number of fused-ring (bicyclic) bond motifs is 1. The molecule has 4 N–H and O–H groups in total. The molecular weight excluding hydrogens is 272 g/mol. The van der Waals surface area contributed by atoms with Crippen LogP contribution in [0.1, 0.15) is 34.6 Å². The monoisotopic (exact) mass is 288 g/mol. The number of nitrogens with zero attached hydrogens (tertiary/aromatic N) is 1. The molecule has 1 amide bonds. The van der Waals surface area contributed by atoms with E-state index in [0.717, 1.165) is 24.0 Å². The van der Waals surface area contributed by atoms with Crippen LogP contribution in [-0.2, 0) is 12.0 Å². The second-order valence-corrected chi connectivity index (χ2v) is 5.25. The van der Waals surface area contributed by atoms with E-state index in [4.69, 9.17) is 0 Å². The fourth-order valence-corrected chi connectivity index (χ4v) is 2.77. The molecule has 1 atom stereocenters. The molecule has 1 heterocycles. The normalized spacial score (nSPS) is 20.8. The second kappa shape index (κ2) is 5.17.